The van der Waals surface area contributed by atoms with E-state index in [2.05, 4.69) is 20.9 Å². The fraction of sp³-hybridized carbons (Fsp3) is 0.182. The Morgan fingerprint density at radius 2 is 2.33 bits per heavy atom. The van der Waals surface area contributed by atoms with Gasteiger partial charge in [-0.15, -0.1) is 0 Å². The maximum absolute atomic E-state index is 5.95. The third-order valence-electron chi connectivity index (χ3n) is 2.34. The van der Waals surface area contributed by atoms with Crippen molar-refractivity contribution in [3.05, 3.63) is 30.0 Å². The first kappa shape index (κ1) is 10.5. The van der Waals surface area contributed by atoms with Gasteiger partial charge in [0.2, 0.25) is 0 Å². The average Bonchev–Trinajstić information content (AvgIpc) is 2.30. The molecular weight excluding hydrogens is 253 g/mol. The van der Waals surface area contributed by atoms with Crippen molar-refractivity contribution >= 4 is 40.1 Å². The van der Waals surface area contributed by atoms with Gasteiger partial charge in [0.15, 0.2) is 0 Å². The SMILES string of the molecule is [B]c1c(OC)cc(CBr)c2cccnc12. The van der Waals surface area contributed by atoms with Crippen LogP contribution in [0.1, 0.15) is 5.56 Å². The van der Waals surface area contributed by atoms with E-state index < -0.39 is 0 Å². The van der Waals surface area contributed by atoms with Crippen LogP contribution in [0.25, 0.3) is 10.9 Å². The van der Waals surface area contributed by atoms with Crippen molar-refractivity contribution in [3.8, 4) is 5.75 Å². The number of methoxy groups -OCH3 is 1. The number of benzene rings is 1. The van der Waals surface area contributed by atoms with Gasteiger partial charge >= 0.3 is 0 Å². The summed E-state index contributed by atoms with van der Waals surface area (Å²) in [6.45, 7) is 0. The number of ether oxygens (including phenoxy) is 1. The molecule has 0 fully saturated rings. The topological polar surface area (TPSA) is 22.1 Å². The van der Waals surface area contributed by atoms with Gasteiger partial charge in [0.05, 0.1) is 12.6 Å². The van der Waals surface area contributed by atoms with Gasteiger partial charge in [0.25, 0.3) is 0 Å². The summed E-state index contributed by atoms with van der Waals surface area (Å²) in [7, 11) is 7.56. The maximum Gasteiger partial charge on any atom is 0.122 e. The van der Waals surface area contributed by atoms with Gasteiger partial charge in [-0.1, -0.05) is 22.0 Å². The quantitative estimate of drug-likeness (QED) is 0.609. The summed E-state index contributed by atoms with van der Waals surface area (Å²) in [4.78, 5) is 4.27. The molecule has 0 aliphatic rings. The lowest BCUT2D eigenvalue weighted by Crippen LogP contribution is -2.11. The first-order valence-electron chi connectivity index (χ1n) is 4.54. The molecule has 1 heterocycles. The fourth-order valence-electron chi connectivity index (χ4n) is 1.59. The zero-order chi connectivity index (χ0) is 10.8. The third kappa shape index (κ3) is 1.74. The summed E-state index contributed by atoms with van der Waals surface area (Å²) in [5.74, 6) is 0.677. The van der Waals surface area contributed by atoms with Crippen molar-refractivity contribution < 1.29 is 4.74 Å². The van der Waals surface area contributed by atoms with Crippen molar-refractivity contribution in [1.29, 1.82) is 0 Å². The van der Waals surface area contributed by atoms with Crippen LogP contribution in [0, 0.1) is 0 Å². The van der Waals surface area contributed by atoms with E-state index in [1.165, 1.54) is 0 Å². The molecular formula is C11H9BBrNO. The van der Waals surface area contributed by atoms with Crippen molar-refractivity contribution in [2.24, 2.45) is 0 Å². The monoisotopic (exact) mass is 261 g/mol. The minimum Gasteiger partial charge on any atom is -0.497 e. The highest BCUT2D eigenvalue weighted by Crippen LogP contribution is 2.22. The number of nitrogens with zero attached hydrogens (tertiary/aromatic N) is 1. The van der Waals surface area contributed by atoms with Crippen LogP contribution in [0.15, 0.2) is 24.4 Å². The number of hydrogen-bond donors (Lipinski definition) is 0. The zero-order valence-corrected chi connectivity index (χ0v) is 9.91. The highest BCUT2D eigenvalue weighted by molar-refractivity contribution is 9.08. The molecule has 0 bridgehead atoms. The molecule has 4 heteroatoms. The van der Waals surface area contributed by atoms with E-state index in [9.17, 15) is 0 Å². The molecule has 0 saturated heterocycles. The standard InChI is InChI=1S/C11H9BBrNO/c1-15-9-5-7(6-13)8-3-2-4-14-11(8)10(9)12/h2-5H,6H2,1H3. The molecule has 1 aromatic carbocycles. The van der Waals surface area contributed by atoms with Crippen LogP contribution >= 0.6 is 15.9 Å². The summed E-state index contributed by atoms with van der Waals surface area (Å²) in [6.07, 6.45) is 1.73. The Hall–Kier alpha value is -1.03. The van der Waals surface area contributed by atoms with Crippen LogP contribution < -0.4 is 10.2 Å². The molecule has 0 aliphatic heterocycles. The molecule has 0 unspecified atom stereocenters. The number of halogens is 1. The largest absolute Gasteiger partial charge is 0.497 e. The first-order valence-corrected chi connectivity index (χ1v) is 5.66. The summed E-state index contributed by atoms with van der Waals surface area (Å²) >= 11 is 3.44. The minimum atomic E-state index is 0.595. The third-order valence-corrected chi connectivity index (χ3v) is 2.95. The molecule has 15 heavy (non-hydrogen) atoms. The van der Waals surface area contributed by atoms with E-state index in [-0.39, 0.29) is 0 Å². The summed E-state index contributed by atoms with van der Waals surface area (Å²) in [5, 5.41) is 1.82. The second-order valence-corrected chi connectivity index (χ2v) is 3.75. The van der Waals surface area contributed by atoms with Crippen molar-refractivity contribution in [3.63, 3.8) is 0 Å². The molecule has 2 rings (SSSR count). The minimum absolute atomic E-state index is 0.595. The molecule has 1 aromatic heterocycles. The van der Waals surface area contributed by atoms with Crippen LogP contribution in [0.2, 0.25) is 0 Å². The van der Waals surface area contributed by atoms with Gasteiger partial charge in [0.1, 0.15) is 13.6 Å². The Bertz CT molecular complexity index is 501. The van der Waals surface area contributed by atoms with Crippen LogP contribution in [0.4, 0.5) is 0 Å². The van der Waals surface area contributed by atoms with Crippen LogP contribution in [-0.2, 0) is 5.33 Å². The second kappa shape index (κ2) is 4.23. The van der Waals surface area contributed by atoms with Crippen molar-refractivity contribution in [2.75, 3.05) is 7.11 Å². The van der Waals surface area contributed by atoms with E-state index in [0.717, 1.165) is 21.8 Å². The maximum atomic E-state index is 5.95. The number of hydrogen-bond acceptors (Lipinski definition) is 2. The fourth-order valence-corrected chi connectivity index (χ4v) is 2.05. The van der Waals surface area contributed by atoms with Gasteiger partial charge in [-0.05, 0) is 23.2 Å². The van der Waals surface area contributed by atoms with E-state index in [4.69, 9.17) is 12.6 Å². The van der Waals surface area contributed by atoms with Gasteiger partial charge in [-0.2, -0.15) is 0 Å². The Morgan fingerprint density at radius 1 is 1.53 bits per heavy atom. The second-order valence-electron chi connectivity index (χ2n) is 3.18. The van der Waals surface area contributed by atoms with Gasteiger partial charge < -0.3 is 4.74 Å². The summed E-state index contributed by atoms with van der Waals surface area (Å²) in [5.41, 5.74) is 2.52. The van der Waals surface area contributed by atoms with Gasteiger partial charge in [-0.3, -0.25) is 4.98 Å². The van der Waals surface area contributed by atoms with E-state index in [1.807, 2.05) is 18.2 Å². The molecule has 0 aliphatic carbocycles. The summed E-state index contributed by atoms with van der Waals surface area (Å²) < 4.78 is 5.21. The number of pyridine rings is 1. The van der Waals surface area contributed by atoms with Crippen molar-refractivity contribution in [1.82, 2.24) is 4.98 Å². The average molecular weight is 262 g/mol. The molecule has 2 nitrogen and oxygen atoms in total. The van der Waals surface area contributed by atoms with Crippen LogP contribution in [0.3, 0.4) is 0 Å². The normalized spacial score (nSPS) is 10.5. The molecule has 0 spiro atoms. The summed E-state index contributed by atoms with van der Waals surface area (Å²) in [6, 6.07) is 5.85. The number of alkyl halides is 1. The Balaban J connectivity index is 2.84. The lowest BCUT2D eigenvalue weighted by Gasteiger charge is -2.11. The number of rotatable bonds is 2. The molecule has 0 atom stereocenters. The molecule has 0 saturated carbocycles. The lowest BCUT2D eigenvalue weighted by molar-refractivity contribution is 0.418. The van der Waals surface area contributed by atoms with E-state index in [0.29, 0.717) is 11.2 Å². The first-order chi connectivity index (χ1) is 7.27. The van der Waals surface area contributed by atoms with E-state index >= 15 is 0 Å². The predicted molar refractivity (Wildman–Crippen MR) is 66.3 cm³/mol. The highest BCUT2D eigenvalue weighted by atomic mass is 79.9. The predicted octanol–water partition coefficient (Wildman–Crippen LogP) is 1.93. The molecule has 0 amide bonds. The Morgan fingerprint density at radius 3 is 3.00 bits per heavy atom. The molecule has 2 aromatic rings. The van der Waals surface area contributed by atoms with Gasteiger partial charge in [-0.25, -0.2) is 0 Å². The molecule has 0 N–H and O–H groups in total. The lowest BCUT2D eigenvalue weighted by atomic mass is 9.90. The van der Waals surface area contributed by atoms with Crippen LogP contribution in [0.5, 0.6) is 5.75 Å². The Labute approximate surface area is 98.2 Å². The molecule has 74 valence electrons. The number of aromatic nitrogens is 1. The van der Waals surface area contributed by atoms with Gasteiger partial charge in [0, 0.05) is 16.9 Å². The Kier molecular flexibility index (Phi) is 2.96. The number of fused-ring (bicyclic) bond motifs is 1. The van der Waals surface area contributed by atoms with E-state index in [1.54, 1.807) is 13.3 Å². The molecule has 2 radical (unpaired) electrons. The van der Waals surface area contributed by atoms with Crippen LogP contribution in [-0.4, -0.2) is 19.9 Å². The zero-order valence-electron chi connectivity index (χ0n) is 8.33. The van der Waals surface area contributed by atoms with Crippen molar-refractivity contribution in [2.45, 2.75) is 5.33 Å². The smallest absolute Gasteiger partial charge is 0.122 e. The highest BCUT2D eigenvalue weighted by Gasteiger charge is 2.08.